The van der Waals surface area contributed by atoms with E-state index in [0.29, 0.717) is 16.6 Å². The summed E-state index contributed by atoms with van der Waals surface area (Å²) in [6.45, 7) is 1.79. The van der Waals surface area contributed by atoms with Crippen LogP contribution in [0.2, 0.25) is 5.15 Å². The van der Waals surface area contributed by atoms with Gasteiger partial charge in [0.2, 0.25) is 0 Å². The Morgan fingerprint density at radius 3 is 2.64 bits per heavy atom. The Kier molecular flexibility index (Phi) is 6.36. The van der Waals surface area contributed by atoms with Crippen molar-refractivity contribution in [1.29, 1.82) is 0 Å². The van der Waals surface area contributed by atoms with Crippen LogP contribution in [0.5, 0.6) is 0 Å². The summed E-state index contributed by atoms with van der Waals surface area (Å²) in [4.78, 5) is 25.8. The van der Waals surface area contributed by atoms with Crippen LogP contribution in [0, 0.1) is 24.5 Å². The molecule has 0 fully saturated rings. The number of hydroxylamine groups is 1. The normalized spacial score (nSPS) is 18.8. The van der Waals surface area contributed by atoms with E-state index in [-0.39, 0.29) is 30.7 Å². The van der Waals surface area contributed by atoms with Crippen LogP contribution in [0.25, 0.3) is 0 Å². The van der Waals surface area contributed by atoms with Gasteiger partial charge in [-0.2, -0.15) is 0 Å². The molecule has 2 aromatic rings. The first kappa shape index (κ1) is 20.4. The first-order valence-electron chi connectivity index (χ1n) is 8.80. The SMILES string of the molecule is CONC1=NC[C@@H](c2c(F)cc(C)cc2F)[C@@H]1CC(=O)Cc1ccc(Cl)nc1. The number of aromatic nitrogens is 1. The van der Waals surface area contributed by atoms with E-state index in [9.17, 15) is 13.6 Å². The molecular weight excluding hydrogens is 388 g/mol. The molecule has 0 radical (unpaired) electrons. The fraction of sp³-hybridized carbons (Fsp3) is 0.350. The highest BCUT2D eigenvalue weighted by Gasteiger charge is 2.37. The predicted molar refractivity (Wildman–Crippen MR) is 102 cm³/mol. The molecule has 0 saturated carbocycles. The maximum absolute atomic E-state index is 14.5. The molecule has 1 aromatic heterocycles. The summed E-state index contributed by atoms with van der Waals surface area (Å²) >= 11 is 5.76. The van der Waals surface area contributed by atoms with Gasteiger partial charge in [-0.1, -0.05) is 17.7 Å². The zero-order valence-electron chi connectivity index (χ0n) is 15.5. The van der Waals surface area contributed by atoms with Crippen LogP contribution in [0.1, 0.15) is 29.0 Å². The molecule has 0 amide bonds. The van der Waals surface area contributed by atoms with Crippen molar-refractivity contribution in [2.24, 2.45) is 10.9 Å². The van der Waals surface area contributed by atoms with Gasteiger partial charge in [0.05, 0.1) is 7.11 Å². The lowest BCUT2D eigenvalue weighted by molar-refractivity contribution is -0.119. The molecule has 3 rings (SSSR count). The summed E-state index contributed by atoms with van der Waals surface area (Å²) in [5, 5.41) is 0.344. The van der Waals surface area contributed by atoms with Gasteiger partial charge in [0.25, 0.3) is 0 Å². The van der Waals surface area contributed by atoms with E-state index in [0.717, 1.165) is 5.56 Å². The highest BCUT2D eigenvalue weighted by molar-refractivity contribution is 6.29. The summed E-state index contributed by atoms with van der Waals surface area (Å²) in [7, 11) is 1.42. The van der Waals surface area contributed by atoms with Crippen molar-refractivity contribution in [3.05, 3.63) is 63.9 Å². The van der Waals surface area contributed by atoms with Crippen LogP contribution in [0.3, 0.4) is 0 Å². The topological polar surface area (TPSA) is 63.6 Å². The number of aliphatic imine (C=N–C) groups is 1. The van der Waals surface area contributed by atoms with Gasteiger partial charge >= 0.3 is 0 Å². The lowest BCUT2D eigenvalue weighted by Crippen LogP contribution is -2.32. The van der Waals surface area contributed by atoms with Crippen molar-refractivity contribution < 1.29 is 18.4 Å². The number of ketones is 1. The van der Waals surface area contributed by atoms with Crippen LogP contribution in [-0.2, 0) is 16.1 Å². The van der Waals surface area contributed by atoms with Crippen molar-refractivity contribution >= 4 is 23.2 Å². The fourth-order valence-electron chi connectivity index (χ4n) is 3.50. The zero-order chi connectivity index (χ0) is 20.3. The van der Waals surface area contributed by atoms with E-state index in [4.69, 9.17) is 16.4 Å². The molecule has 1 aliphatic rings. The number of aryl methyl sites for hydroxylation is 1. The van der Waals surface area contributed by atoms with Crippen LogP contribution in [0.4, 0.5) is 8.78 Å². The van der Waals surface area contributed by atoms with Crippen molar-refractivity contribution in [2.75, 3.05) is 13.7 Å². The van der Waals surface area contributed by atoms with E-state index in [1.54, 1.807) is 19.1 Å². The van der Waals surface area contributed by atoms with Gasteiger partial charge in [-0.15, -0.1) is 0 Å². The number of halogens is 3. The third kappa shape index (κ3) is 4.54. The Bertz CT molecular complexity index is 880. The van der Waals surface area contributed by atoms with Crippen LogP contribution in [0.15, 0.2) is 35.5 Å². The minimum Gasteiger partial charge on any atom is -0.299 e. The van der Waals surface area contributed by atoms with E-state index < -0.39 is 23.5 Å². The Morgan fingerprint density at radius 1 is 1.32 bits per heavy atom. The van der Waals surface area contributed by atoms with Crippen LogP contribution in [-0.4, -0.2) is 30.3 Å². The maximum atomic E-state index is 14.5. The Balaban J connectivity index is 1.82. The smallest absolute Gasteiger partial charge is 0.138 e. The second-order valence-electron chi connectivity index (χ2n) is 6.80. The third-order valence-electron chi connectivity index (χ3n) is 4.73. The van der Waals surface area contributed by atoms with Crippen LogP contribution >= 0.6 is 11.6 Å². The Morgan fingerprint density at radius 2 is 2.04 bits per heavy atom. The van der Waals surface area contributed by atoms with E-state index in [2.05, 4.69) is 15.5 Å². The van der Waals surface area contributed by atoms with Crippen molar-refractivity contribution in [3.63, 3.8) is 0 Å². The number of nitrogens with one attached hydrogen (secondary N) is 1. The summed E-state index contributed by atoms with van der Waals surface area (Å²) in [6.07, 6.45) is 1.75. The minimum atomic E-state index is -0.629. The predicted octanol–water partition coefficient (Wildman–Crippen LogP) is 3.79. The van der Waals surface area contributed by atoms with Gasteiger partial charge in [0, 0.05) is 43.0 Å². The number of benzene rings is 1. The molecule has 1 aliphatic heterocycles. The molecule has 1 N–H and O–H groups in total. The van der Waals surface area contributed by atoms with Gasteiger partial charge in [-0.05, 0) is 36.2 Å². The first-order valence-corrected chi connectivity index (χ1v) is 9.17. The first-order chi connectivity index (χ1) is 13.4. The molecule has 148 valence electrons. The summed E-state index contributed by atoms with van der Waals surface area (Å²) < 4.78 is 29.0. The largest absolute Gasteiger partial charge is 0.299 e. The Labute approximate surface area is 166 Å². The van der Waals surface area contributed by atoms with Gasteiger partial charge in [-0.3, -0.25) is 20.1 Å². The lowest BCUT2D eigenvalue weighted by atomic mass is 9.82. The summed E-state index contributed by atoms with van der Waals surface area (Å²) in [5.41, 5.74) is 3.81. The summed E-state index contributed by atoms with van der Waals surface area (Å²) in [5.74, 6) is -2.05. The number of amidine groups is 1. The third-order valence-corrected chi connectivity index (χ3v) is 4.96. The molecule has 0 unspecified atom stereocenters. The molecule has 0 spiro atoms. The number of hydrogen-bond donors (Lipinski definition) is 1. The molecule has 8 heteroatoms. The zero-order valence-corrected chi connectivity index (χ0v) is 16.3. The summed E-state index contributed by atoms with van der Waals surface area (Å²) in [6, 6.07) is 5.91. The number of carbonyl (C=O) groups is 1. The van der Waals surface area contributed by atoms with Gasteiger partial charge in [-0.25, -0.2) is 13.8 Å². The molecule has 0 aliphatic carbocycles. The second kappa shape index (κ2) is 8.75. The number of pyridine rings is 1. The van der Waals surface area contributed by atoms with Gasteiger partial charge in [0.1, 0.15) is 28.4 Å². The lowest BCUT2D eigenvalue weighted by Gasteiger charge is -2.22. The van der Waals surface area contributed by atoms with Crippen LogP contribution < -0.4 is 5.48 Å². The number of nitrogens with zero attached hydrogens (tertiary/aromatic N) is 2. The second-order valence-corrected chi connectivity index (χ2v) is 7.18. The number of rotatable bonds is 6. The number of Topliss-reactive ketones (excluding diaryl/α,β-unsaturated/α-hetero) is 1. The standard InChI is InChI=1S/C20H20ClF2N3O2/c1-11-5-16(22)19(17(23)6-11)15-10-25-20(26-28-2)14(15)8-13(27)7-12-3-4-18(21)24-9-12/h3-6,9,14-15H,7-8,10H2,1-2H3,(H,25,26)/t14-,15+/m0/s1. The highest BCUT2D eigenvalue weighted by Crippen LogP contribution is 2.36. The van der Waals surface area contributed by atoms with Gasteiger partial charge in [0.15, 0.2) is 0 Å². The maximum Gasteiger partial charge on any atom is 0.138 e. The Hall–Kier alpha value is -2.38. The average molecular weight is 408 g/mol. The average Bonchev–Trinajstić information content (AvgIpc) is 2.99. The van der Waals surface area contributed by atoms with Crippen molar-refractivity contribution in [2.45, 2.75) is 25.7 Å². The molecular formula is C20H20ClF2N3O2. The molecule has 0 bridgehead atoms. The minimum absolute atomic E-state index is 0.0480. The number of hydrogen-bond acceptors (Lipinski definition) is 5. The monoisotopic (exact) mass is 407 g/mol. The van der Waals surface area contributed by atoms with E-state index in [1.807, 2.05) is 0 Å². The van der Waals surface area contributed by atoms with Crippen molar-refractivity contribution in [1.82, 2.24) is 10.5 Å². The molecule has 0 saturated heterocycles. The van der Waals surface area contributed by atoms with Crippen molar-refractivity contribution in [3.8, 4) is 0 Å². The number of carbonyl (C=O) groups excluding carboxylic acids is 1. The molecule has 2 heterocycles. The molecule has 5 nitrogen and oxygen atoms in total. The van der Waals surface area contributed by atoms with E-state index >= 15 is 0 Å². The molecule has 28 heavy (non-hydrogen) atoms. The quantitative estimate of drug-likeness (QED) is 0.584. The van der Waals surface area contributed by atoms with E-state index in [1.165, 1.54) is 25.4 Å². The molecule has 2 atom stereocenters. The highest BCUT2D eigenvalue weighted by atomic mass is 35.5. The molecule has 1 aromatic carbocycles. The fourth-order valence-corrected chi connectivity index (χ4v) is 3.61. The van der Waals surface area contributed by atoms with Gasteiger partial charge < -0.3 is 0 Å².